The number of aromatic amines is 1. The Morgan fingerprint density at radius 3 is 2.29 bits per heavy atom. The molecule has 0 saturated heterocycles. The van der Waals surface area contributed by atoms with Gasteiger partial charge in [0.15, 0.2) is 0 Å². The van der Waals surface area contributed by atoms with E-state index in [1.165, 1.54) is 10.9 Å². The van der Waals surface area contributed by atoms with Gasteiger partial charge < -0.3 is 4.98 Å². The maximum atomic E-state index is 4.54. The number of hydrogen-bond acceptors (Lipinski definition) is 1. The third kappa shape index (κ3) is 2.01. The summed E-state index contributed by atoms with van der Waals surface area (Å²) in [6.45, 7) is 0. The van der Waals surface area contributed by atoms with E-state index in [2.05, 4.69) is 64.6 Å². The van der Waals surface area contributed by atoms with E-state index in [1.54, 1.807) is 0 Å². The molecule has 21 heavy (non-hydrogen) atoms. The molecule has 0 fully saturated rings. The molecule has 0 amide bonds. The second-order valence-electron chi connectivity index (χ2n) is 5.00. The standard InChI is InChI=1S/C19H14N2/c1-2-8-14(9-3-1)19-18(17-12-6-7-13-20-17)15-10-4-5-11-16(15)21-19/h1-13,21H. The number of rotatable bonds is 2. The first-order valence-corrected chi connectivity index (χ1v) is 7.01. The first kappa shape index (κ1) is 11.9. The monoisotopic (exact) mass is 270 g/mol. The van der Waals surface area contributed by atoms with Crippen LogP contribution in [-0.4, -0.2) is 9.97 Å². The number of benzene rings is 2. The molecule has 2 heterocycles. The maximum Gasteiger partial charge on any atom is 0.0729 e. The van der Waals surface area contributed by atoms with Gasteiger partial charge in [-0.1, -0.05) is 54.6 Å². The SMILES string of the molecule is c1ccc(-c2[nH]c3ccccc3c2-c2ccccn2)cc1. The van der Waals surface area contributed by atoms with Crippen molar-refractivity contribution < 1.29 is 0 Å². The van der Waals surface area contributed by atoms with Crippen LogP contribution in [0.5, 0.6) is 0 Å². The summed E-state index contributed by atoms with van der Waals surface area (Å²) in [5, 5.41) is 1.20. The summed E-state index contributed by atoms with van der Waals surface area (Å²) in [6.07, 6.45) is 1.84. The number of hydrogen-bond donors (Lipinski definition) is 1. The number of nitrogens with one attached hydrogen (secondary N) is 1. The molecule has 0 aliphatic rings. The molecule has 1 N–H and O–H groups in total. The van der Waals surface area contributed by atoms with Crippen LogP contribution >= 0.6 is 0 Å². The second kappa shape index (κ2) is 4.91. The van der Waals surface area contributed by atoms with E-state index in [4.69, 9.17) is 0 Å². The number of aromatic nitrogens is 2. The van der Waals surface area contributed by atoms with Crippen LogP contribution in [0, 0.1) is 0 Å². The summed E-state index contributed by atoms with van der Waals surface area (Å²) in [7, 11) is 0. The maximum absolute atomic E-state index is 4.54. The Morgan fingerprint density at radius 2 is 1.48 bits per heavy atom. The van der Waals surface area contributed by atoms with Gasteiger partial charge in [0.2, 0.25) is 0 Å². The molecular formula is C19H14N2. The van der Waals surface area contributed by atoms with Crippen molar-refractivity contribution in [2.75, 3.05) is 0 Å². The van der Waals surface area contributed by atoms with E-state index in [9.17, 15) is 0 Å². The molecule has 0 aliphatic carbocycles. The summed E-state index contributed by atoms with van der Waals surface area (Å²) in [4.78, 5) is 8.08. The Bertz CT molecular complexity index is 877. The molecule has 0 bridgehead atoms. The fourth-order valence-corrected chi connectivity index (χ4v) is 2.74. The smallest absolute Gasteiger partial charge is 0.0729 e. The highest BCUT2D eigenvalue weighted by Gasteiger charge is 2.14. The fourth-order valence-electron chi connectivity index (χ4n) is 2.74. The molecular weight excluding hydrogens is 256 g/mol. The minimum Gasteiger partial charge on any atom is -0.354 e. The summed E-state index contributed by atoms with van der Waals surface area (Å²) < 4.78 is 0. The number of fused-ring (bicyclic) bond motifs is 1. The van der Waals surface area contributed by atoms with Crippen molar-refractivity contribution >= 4 is 10.9 Å². The van der Waals surface area contributed by atoms with Gasteiger partial charge in [-0.2, -0.15) is 0 Å². The highest BCUT2D eigenvalue weighted by Crippen LogP contribution is 2.36. The van der Waals surface area contributed by atoms with Crippen LogP contribution in [-0.2, 0) is 0 Å². The Morgan fingerprint density at radius 1 is 0.714 bits per heavy atom. The van der Waals surface area contributed by atoms with E-state index in [0.29, 0.717) is 0 Å². The summed E-state index contributed by atoms with van der Waals surface area (Å²) in [5.41, 5.74) is 5.59. The molecule has 0 unspecified atom stereocenters. The van der Waals surface area contributed by atoms with Gasteiger partial charge in [0.1, 0.15) is 0 Å². The van der Waals surface area contributed by atoms with Gasteiger partial charge in [0, 0.05) is 22.7 Å². The van der Waals surface area contributed by atoms with E-state index in [-0.39, 0.29) is 0 Å². The largest absolute Gasteiger partial charge is 0.354 e. The van der Waals surface area contributed by atoms with Crippen LogP contribution in [0.4, 0.5) is 0 Å². The molecule has 2 heteroatoms. The molecule has 2 nitrogen and oxygen atoms in total. The molecule has 2 aromatic carbocycles. The quantitative estimate of drug-likeness (QED) is 0.551. The average molecular weight is 270 g/mol. The minimum atomic E-state index is 0.994. The van der Waals surface area contributed by atoms with Crippen LogP contribution in [0.1, 0.15) is 0 Å². The second-order valence-corrected chi connectivity index (χ2v) is 5.00. The van der Waals surface area contributed by atoms with Crippen LogP contribution in [0.25, 0.3) is 33.4 Å². The summed E-state index contributed by atoms with van der Waals surface area (Å²) in [6, 6.07) is 24.8. The van der Waals surface area contributed by atoms with Crippen molar-refractivity contribution in [3.63, 3.8) is 0 Å². The van der Waals surface area contributed by atoms with Crippen molar-refractivity contribution in [1.82, 2.24) is 9.97 Å². The minimum absolute atomic E-state index is 0.994. The topological polar surface area (TPSA) is 28.7 Å². The highest BCUT2D eigenvalue weighted by atomic mass is 14.8. The molecule has 0 saturated carbocycles. The normalized spacial score (nSPS) is 10.9. The number of para-hydroxylation sites is 1. The predicted molar refractivity (Wildman–Crippen MR) is 87.0 cm³/mol. The first-order chi connectivity index (χ1) is 10.4. The van der Waals surface area contributed by atoms with Gasteiger partial charge in [-0.15, -0.1) is 0 Å². The van der Waals surface area contributed by atoms with Gasteiger partial charge in [-0.05, 0) is 23.8 Å². The van der Waals surface area contributed by atoms with Crippen LogP contribution in [0.2, 0.25) is 0 Å². The first-order valence-electron chi connectivity index (χ1n) is 7.01. The van der Waals surface area contributed by atoms with Crippen LogP contribution in [0.15, 0.2) is 79.0 Å². The summed E-state index contributed by atoms with van der Waals surface area (Å²) in [5.74, 6) is 0. The lowest BCUT2D eigenvalue weighted by Gasteiger charge is -2.04. The van der Waals surface area contributed by atoms with E-state index >= 15 is 0 Å². The highest BCUT2D eigenvalue weighted by molar-refractivity contribution is 6.02. The molecule has 0 atom stereocenters. The fraction of sp³-hybridized carbons (Fsp3) is 0. The third-order valence-corrected chi connectivity index (χ3v) is 3.69. The zero-order valence-electron chi connectivity index (χ0n) is 11.5. The van der Waals surface area contributed by atoms with E-state index < -0.39 is 0 Å². The molecule has 2 aromatic heterocycles. The van der Waals surface area contributed by atoms with Crippen molar-refractivity contribution in [3.05, 3.63) is 79.0 Å². The molecule has 0 aliphatic heterocycles. The average Bonchev–Trinajstić information content (AvgIpc) is 2.96. The van der Waals surface area contributed by atoms with Gasteiger partial charge in [-0.25, -0.2) is 0 Å². The Hall–Kier alpha value is -2.87. The molecule has 0 radical (unpaired) electrons. The Balaban J connectivity index is 2.07. The van der Waals surface area contributed by atoms with Crippen LogP contribution < -0.4 is 0 Å². The third-order valence-electron chi connectivity index (χ3n) is 3.69. The van der Waals surface area contributed by atoms with Gasteiger partial charge in [0.25, 0.3) is 0 Å². The Kier molecular flexibility index (Phi) is 2.79. The van der Waals surface area contributed by atoms with Crippen LogP contribution in [0.3, 0.4) is 0 Å². The lowest BCUT2D eigenvalue weighted by atomic mass is 10.0. The number of H-pyrrole nitrogens is 1. The van der Waals surface area contributed by atoms with Crippen molar-refractivity contribution in [2.24, 2.45) is 0 Å². The van der Waals surface area contributed by atoms with Crippen molar-refractivity contribution in [1.29, 1.82) is 0 Å². The Labute approximate surface area is 123 Å². The lowest BCUT2D eigenvalue weighted by Crippen LogP contribution is -1.85. The molecule has 100 valence electrons. The predicted octanol–water partition coefficient (Wildman–Crippen LogP) is 4.90. The molecule has 0 spiro atoms. The van der Waals surface area contributed by atoms with Gasteiger partial charge >= 0.3 is 0 Å². The molecule has 4 rings (SSSR count). The zero-order valence-corrected chi connectivity index (χ0v) is 11.5. The van der Waals surface area contributed by atoms with Crippen molar-refractivity contribution in [2.45, 2.75) is 0 Å². The number of pyridine rings is 1. The van der Waals surface area contributed by atoms with E-state index in [1.807, 2.05) is 24.4 Å². The van der Waals surface area contributed by atoms with Crippen molar-refractivity contribution in [3.8, 4) is 22.5 Å². The number of nitrogens with zero attached hydrogens (tertiary/aromatic N) is 1. The van der Waals surface area contributed by atoms with Gasteiger partial charge in [0.05, 0.1) is 11.4 Å². The lowest BCUT2D eigenvalue weighted by molar-refractivity contribution is 1.33. The zero-order chi connectivity index (χ0) is 14.1. The molecule has 4 aromatic rings. The van der Waals surface area contributed by atoms with E-state index in [0.717, 1.165) is 22.5 Å². The van der Waals surface area contributed by atoms with Gasteiger partial charge in [-0.3, -0.25) is 4.98 Å². The summed E-state index contributed by atoms with van der Waals surface area (Å²) >= 11 is 0.